The van der Waals surface area contributed by atoms with Crippen LogP contribution in [0.15, 0.2) is 18.2 Å². The maximum Gasteiger partial charge on any atom is 0.161 e. The van der Waals surface area contributed by atoms with E-state index in [4.69, 9.17) is 14.7 Å². The van der Waals surface area contributed by atoms with Gasteiger partial charge in [-0.3, -0.25) is 0 Å². The minimum absolute atomic E-state index is 0.523. The fourth-order valence-electron chi connectivity index (χ4n) is 1.38. The fourth-order valence-corrected chi connectivity index (χ4v) is 1.38. The third-order valence-corrected chi connectivity index (χ3v) is 2.33. The second kappa shape index (κ2) is 6.73. The molecule has 0 saturated heterocycles. The van der Waals surface area contributed by atoms with Crippen molar-refractivity contribution in [2.75, 3.05) is 13.7 Å². The molecule has 0 N–H and O–H groups in total. The number of aryl methyl sites for hydroxylation is 1. The Hall–Kier alpha value is -1.69. The zero-order valence-corrected chi connectivity index (χ0v) is 9.82. The van der Waals surface area contributed by atoms with Gasteiger partial charge < -0.3 is 9.47 Å². The predicted molar refractivity (Wildman–Crippen MR) is 62.7 cm³/mol. The average molecular weight is 219 g/mol. The van der Waals surface area contributed by atoms with Gasteiger partial charge in [-0.25, -0.2) is 0 Å². The number of nitrogens with zero attached hydrogens (tertiary/aromatic N) is 1. The van der Waals surface area contributed by atoms with Crippen LogP contribution >= 0.6 is 0 Å². The molecule has 1 aromatic rings. The maximum absolute atomic E-state index is 8.40. The molecule has 0 aliphatic heterocycles. The Labute approximate surface area is 96.6 Å². The van der Waals surface area contributed by atoms with Crippen molar-refractivity contribution >= 4 is 0 Å². The Kier molecular flexibility index (Phi) is 5.21. The van der Waals surface area contributed by atoms with Crippen molar-refractivity contribution in [3.63, 3.8) is 0 Å². The Morgan fingerprint density at radius 3 is 2.75 bits per heavy atom. The molecular formula is C13H17NO2. The van der Waals surface area contributed by atoms with Gasteiger partial charge >= 0.3 is 0 Å². The summed E-state index contributed by atoms with van der Waals surface area (Å²) in [7, 11) is 1.64. The van der Waals surface area contributed by atoms with Crippen LogP contribution in [0.5, 0.6) is 11.5 Å². The quantitative estimate of drug-likeness (QED) is 0.691. The Bertz CT molecular complexity index is 369. The number of benzene rings is 1. The van der Waals surface area contributed by atoms with Gasteiger partial charge in [0.05, 0.1) is 19.8 Å². The van der Waals surface area contributed by atoms with Crippen molar-refractivity contribution in [1.29, 1.82) is 5.26 Å². The van der Waals surface area contributed by atoms with Gasteiger partial charge in [0.2, 0.25) is 0 Å². The molecule has 0 atom stereocenters. The Morgan fingerprint density at radius 2 is 2.12 bits per heavy atom. The predicted octanol–water partition coefficient (Wildman–Crippen LogP) is 2.94. The highest BCUT2D eigenvalue weighted by Gasteiger charge is 2.04. The Morgan fingerprint density at radius 1 is 1.31 bits per heavy atom. The van der Waals surface area contributed by atoms with E-state index in [0.29, 0.717) is 13.0 Å². The molecule has 0 aliphatic rings. The molecule has 3 heteroatoms. The summed E-state index contributed by atoms with van der Waals surface area (Å²) in [6, 6.07) is 8.03. The fraction of sp³-hybridized carbons (Fsp3) is 0.462. The number of nitriles is 1. The van der Waals surface area contributed by atoms with E-state index in [1.165, 1.54) is 5.56 Å². The van der Waals surface area contributed by atoms with Crippen LogP contribution in [0.4, 0.5) is 0 Å². The summed E-state index contributed by atoms with van der Waals surface area (Å²) in [5.41, 5.74) is 1.22. The van der Waals surface area contributed by atoms with Crippen LogP contribution in [0.1, 0.15) is 25.3 Å². The molecule has 0 aliphatic carbocycles. The van der Waals surface area contributed by atoms with E-state index in [-0.39, 0.29) is 0 Å². The molecule has 0 radical (unpaired) electrons. The van der Waals surface area contributed by atoms with Crippen LogP contribution in [0.25, 0.3) is 0 Å². The molecule has 0 unspecified atom stereocenters. The second-order valence-corrected chi connectivity index (χ2v) is 3.45. The maximum atomic E-state index is 8.40. The molecule has 0 heterocycles. The summed E-state index contributed by atoms with van der Waals surface area (Å²) in [6.07, 6.45) is 2.25. The molecule has 0 bridgehead atoms. The first-order chi connectivity index (χ1) is 7.81. The molecule has 86 valence electrons. The summed E-state index contributed by atoms with van der Waals surface area (Å²) >= 11 is 0. The van der Waals surface area contributed by atoms with Gasteiger partial charge in [-0.2, -0.15) is 5.26 Å². The number of rotatable bonds is 6. The third kappa shape index (κ3) is 3.47. The molecule has 1 rings (SSSR count). The first-order valence-electron chi connectivity index (χ1n) is 5.48. The van der Waals surface area contributed by atoms with E-state index in [9.17, 15) is 0 Å². The minimum Gasteiger partial charge on any atom is -0.493 e. The highest BCUT2D eigenvalue weighted by atomic mass is 16.5. The molecule has 16 heavy (non-hydrogen) atoms. The van der Waals surface area contributed by atoms with Crippen molar-refractivity contribution < 1.29 is 9.47 Å². The van der Waals surface area contributed by atoms with E-state index >= 15 is 0 Å². The average Bonchev–Trinajstić information content (AvgIpc) is 2.34. The van der Waals surface area contributed by atoms with Crippen molar-refractivity contribution in [2.45, 2.75) is 26.2 Å². The standard InChI is InChI=1S/C13H17NO2/c1-3-11-6-7-12(13(10-11)15-2)16-9-5-4-8-14/h6-7,10H,3-5,9H2,1-2H3. The smallest absolute Gasteiger partial charge is 0.161 e. The summed E-state index contributed by atoms with van der Waals surface area (Å²) < 4.78 is 10.8. The number of unbranched alkanes of at least 4 members (excludes halogenated alkanes) is 1. The van der Waals surface area contributed by atoms with Gasteiger partial charge in [0.15, 0.2) is 11.5 Å². The molecular weight excluding hydrogens is 202 g/mol. The van der Waals surface area contributed by atoms with E-state index in [2.05, 4.69) is 13.0 Å². The van der Waals surface area contributed by atoms with E-state index in [0.717, 1.165) is 24.3 Å². The highest BCUT2D eigenvalue weighted by Crippen LogP contribution is 2.28. The molecule has 1 aromatic carbocycles. The van der Waals surface area contributed by atoms with Gasteiger partial charge in [-0.1, -0.05) is 13.0 Å². The van der Waals surface area contributed by atoms with Crippen LogP contribution in [-0.4, -0.2) is 13.7 Å². The number of ether oxygens (including phenoxy) is 2. The van der Waals surface area contributed by atoms with E-state index in [1.54, 1.807) is 7.11 Å². The van der Waals surface area contributed by atoms with Crippen molar-refractivity contribution in [1.82, 2.24) is 0 Å². The third-order valence-electron chi connectivity index (χ3n) is 2.33. The minimum atomic E-state index is 0.523. The number of methoxy groups -OCH3 is 1. The molecule has 3 nitrogen and oxygen atoms in total. The zero-order valence-electron chi connectivity index (χ0n) is 9.82. The van der Waals surface area contributed by atoms with Gasteiger partial charge in [0.1, 0.15) is 0 Å². The van der Waals surface area contributed by atoms with Gasteiger partial charge in [-0.15, -0.1) is 0 Å². The first-order valence-corrected chi connectivity index (χ1v) is 5.48. The topological polar surface area (TPSA) is 42.2 Å². The van der Waals surface area contributed by atoms with E-state index in [1.807, 2.05) is 18.2 Å². The summed E-state index contributed by atoms with van der Waals surface area (Å²) in [4.78, 5) is 0. The van der Waals surface area contributed by atoms with Crippen LogP contribution in [0, 0.1) is 11.3 Å². The lowest BCUT2D eigenvalue weighted by Gasteiger charge is -2.11. The second-order valence-electron chi connectivity index (χ2n) is 3.45. The highest BCUT2D eigenvalue weighted by molar-refractivity contribution is 5.42. The molecule has 0 amide bonds. The summed E-state index contributed by atoms with van der Waals surface area (Å²) in [6.45, 7) is 2.65. The van der Waals surface area contributed by atoms with Crippen molar-refractivity contribution in [2.24, 2.45) is 0 Å². The molecule has 0 saturated carbocycles. The lowest BCUT2D eigenvalue weighted by atomic mass is 10.1. The summed E-state index contributed by atoms with van der Waals surface area (Å²) in [5.74, 6) is 1.51. The zero-order chi connectivity index (χ0) is 11.8. The molecule has 0 aromatic heterocycles. The van der Waals surface area contributed by atoms with Gasteiger partial charge in [0.25, 0.3) is 0 Å². The van der Waals surface area contributed by atoms with Gasteiger partial charge in [0, 0.05) is 6.42 Å². The molecule has 0 spiro atoms. The molecule has 0 fully saturated rings. The number of hydrogen-bond acceptors (Lipinski definition) is 3. The largest absolute Gasteiger partial charge is 0.493 e. The van der Waals surface area contributed by atoms with Crippen LogP contribution < -0.4 is 9.47 Å². The first kappa shape index (κ1) is 12.4. The lowest BCUT2D eigenvalue weighted by molar-refractivity contribution is 0.290. The SMILES string of the molecule is CCc1ccc(OCCCC#N)c(OC)c1. The Balaban J connectivity index is 2.61. The normalized spacial score (nSPS) is 9.56. The van der Waals surface area contributed by atoms with Crippen LogP contribution in [0.2, 0.25) is 0 Å². The van der Waals surface area contributed by atoms with Crippen LogP contribution in [-0.2, 0) is 6.42 Å². The van der Waals surface area contributed by atoms with Gasteiger partial charge in [-0.05, 0) is 30.5 Å². The van der Waals surface area contributed by atoms with Crippen molar-refractivity contribution in [3.05, 3.63) is 23.8 Å². The number of hydrogen-bond donors (Lipinski definition) is 0. The summed E-state index contributed by atoms with van der Waals surface area (Å²) in [5, 5.41) is 8.40. The lowest BCUT2D eigenvalue weighted by Crippen LogP contribution is -1.99. The monoisotopic (exact) mass is 219 g/mol. The van der Waals surface area contributed by atoms with Crippen LogP contribution in [0.3, 0.4) is 0 Å². The van der Waals surface area contributed by atoms with Crippen molar-refractivity contribution in [3.8, 4) is 17.6 Å². The van der Waals surface area contributed by atoms with E-state index < -0.39 is 0 Å².